The van der Waals surface area contributed by atoms with Crippen LogP contribution in [0.15, 0.2) is 11.8 Å². The first kappa shape index (κ1) is 16.1. The van der Waals surface area contributed by atoms with Gasteiger partial charge in [0.15, 0.2) is 0 Å². The molecule has 1 aromatic heterocycles. The van der Waals surface area contributed by atoms with Gasteiger partial charge in [-0.05, 0) is 64.1 Å². The zero-order valence-electron chi connectivity index (χ0n) is 13.9. The molecule has 1 aliphatic rings. The molecule has 4 heteroatoms. The summed E-state index contributed by atoms with van der Waals surface area (Å²) in [6.07, 6.45) is 7.82. The highest BCUT2D eigenvalue weighted by molar-refractivity contribution is 5.25. The fourth-order valence-electron chi connectivity index (χ4n) is 2.95. The summed E-state index contributed by atoms with van der Waals surface area (Å²) < 4.78 is 7.85. The Morgan fingerprint density at radius 2 is 2.24 bits per heavy atom. The fourth-order valence-corrected chi connectivity index (χ4v) is 2.95. The summed E-state index contributed by atoms with van der Waals surface area (Å²) in [4.78, 5) is 0. The van der Waals surface area contributed by atoms with Crippen LogP contribution in [0, 0.1) is 13.8 Å². The van der Waals surface area contributed by atoms with E-state index in [0.717, 1.165) is 56.7 Å². The van der Waals surface area contributed by atoms with Gasteiger partial charge in [0.05, 0.1) is 18.3 Å². The summed E-state index contributed by atoms with van der Waals surface area (Å²) >= 11 is 0. The van der Waals surface area contributed by atoms with Gasteiger partial charge in [0, 0.05) is 12.7 Å². The van der Waals surface area contributed by atoms with Crippen LogP contribution in [0.4, 0.5) is 0 Å². The molecule has 4 nitrogen and oxygen atoms in total. The molecule has 1 N–H and O–H groups in total. The maximum Gasteiger partial charge on any atom is 0.109 e. The van der Waals surface area contributed by atoms with Gasteiger partial charge in [-0.2, -0.15) is 5.10 Å². The van der Waals surface area contributed by atoms with Crippen LogP contribution in [0.5, 0.6) is 0 Å². The normalized spacial score (nSPS) is 16.5. The Balaban J connectivity index is 2.02. The quantitative estimate of drug-likeness (QED) is 0.839. The predicted octanol–water partition coefficient (Wildman–Crippen LogP) is 3.03. The Kier molecular flexibility index (Phi) is 5.85. The first-order chi connectivity index (χ1) is 10.1. The molecule has 118 valence electrons. The molecule has 0 radical (unpaired) electrons. The minimum absolute atomic E-state index is 0.337. The topological polar surface area (TPSA) is 39.1 Å². The van der Waals surface area contributed by atoms with E-state index < -0.39 is 0 Å². The molecule has 0 saturated carbocycles. The van der Waals surface area contributed by atoms with Gasteiger partial charge in [-0.3, -0.25) is 4.68 Å². The van der Waals surface area contributed by atoms with Crippen LogP contribution >= 0.6 is 0 Å². The highest BCUT2D eigenvalue weighted by Gasteiger charge is 2.19. The van der Waals surface area contributed by atoms with Crippen molar-refractivity contribution in [3.05, 3.63) is 28.8 Å². The number of aromatic nitrogens is 2. The molecular formula is C17H29N3O. The Morgan fingerprint density at radius 1 is 1.43 bits per heavy atom. The molecule has 0 aliphatic carbocycles. The molecule has 1 aromatic rings. The summed E-state index contributed by atoms with van der Waals surface area (Å²) in [5.41, 5.74) is 3.82. The van der Waals surface area contributed by atoms with Crippen LogP contribution in [-0.2, 0) is 18.2 Å². The Morgan fingerprint density at radius 3 is 2.81 bits per heavy atom. The van der Waals surface area contributed by atoms with Gasteiger partial charge in [0.1, 0.15) is 5.76 Å². The first-order valence-electron chi connectivity index (χ1n) is 8.18. The Bertz CT molecular complexity index is 490. The lowest BCUT2D eigenvalue weighted by Gasteiger charge is -2.25. The molecule has 0 bridgehead atoms. The number of ether oxygens (including phenoxy) is 1. The van der Waals surface area contributed by atoms with Crippen molar-refractivity contribution in [2.24, 2.45) is 7.05 Å². The van der Waals surface area contributed by atoms with Gasteiger partial charge < -0.3 is 10.1 Å². The fraction of sp³-hybridized carbons (Fsp3) is 0.706. The molecular weight excluding hydrogens is 262 g/mol. The second kappa shape index (κ2) is 7.64. The number of hydrogen-bond acceptors (Lipinski definition) is 3. The number of rotatable bonds is 7. The highest BCUT2D eigenvalue weighted by atomic mass is 16.5. The van der Waals surface area contributed by atoms with Crippen LogP contribution < -0.4 is 5.32 Å². The first-order valence-corrected chi connectivity index (χ1v) is 8.18. The summed E-state index contributed by atoms with van der Waals surface area (Å²) in [6, 6.07) is 0.337. The lowest BCUT2D eigenvalue weighted by atomic mass is 10.0. The highest BCUT2D eigenvalue weighted by Crippen LogP contribution is 2.20. The summed E-state index contributed by atoms with van der Waals surface area (Å²) in [5, 5.41) is 8.15. The van der Waals surface area contributed by atoms with Crippen molar-refractivity contribution < 1.29 is 4.74 Å². The third kappa shape index (κ3) is 4.10. The number of nitrogens with zero attached hydrogens (tertiary/aromatic N) is 2. The van der Waals surface area contributed by atoms with Gasteiger partial charge in [-0.15, -0.1) is 0 Å². The molecule has 0 aromatic carbocycles. The Labute approximate surface area is 128 Å². The maximum absolute atomic E-state index is 5.87. The van der Waals surface area contributed by atoms with Crippen LogP contribution in [-0.4, -0.2) is 29.0 Å². The molecule has 0 spiro atoms. The lowest BCUT2D eigenvalue weighted by Crippen LogP contribution is -2.34. The van der Waals surface area contributed by atoms with Crippen molar-refractivity contribution in [3.63, 3.8) is 0 Å². The number of hydrogen-bond donors (Lipinski definition) is 1. The van der Waals surface area contributed by atoms with E-state index >= 15 is 0 Å². The lowest BCUT2D eigenvalue weighted by molar-refractivity contribution is 0.165. The van der Waals surface area contributed by atoms with E-state index in [-0.39, 0.29) is 0 Å². The van der Waals surface area contributed by atoms with Crippen molar-refractivity contribution in [2.75, 3.05) is 13.2 Å². The number of nitrogens with one attached hydrogen (secondary N) is 1. The van der Waals surface area contributed by atoms with E-state index in [1.165, 1.54) is 11.3 Å². The third-order valence-electron chi connectivity index (χ3n) is 4.29. The molecule has 21 heavy (non-hydrogen) atoms. The minimum atomic E-state index is 0.337. The summed E-state index contributed by atoms with van der Waals surface area (Å²) in [6.45, 7) is 8.36. The predicted molar refractivity (Wildman–Crippen MR) is 86.4 cm³/mol. The average Bonchev–Trinajstić information content (AvgIpc) is 2.74. The molecule has 1 unspecified atom stereocenters. The van der Waals surface area contributed by atoms with Crippen LogP contribution in [0.2, 0.25) is 0 Å². The van der Waals surface area contributed by atoms with Crippen LogP contribution in [0.3, 0.4) is 0 Å². The monoisotopic (exact) mass is 291 g/mol. The number of aryl methyl sites for hydroxylation is 2. The molecule has 0 saturated heterocycles. The van der Waals surface area contributed by atoms with Gasteiger partial charge in [0.2, 0.25) is 0 Å². The SMILES string of the molecule is CCCNC(CCc1c(C)nn(C)c1C)C1=CCCCO1. The van der Waals surface area contributed by atoms with E-state index in [1.807, 2.05) is 11.7 Å². The summed E-state index contributed by atoms with van der Waals surface area (Å²) in [7, 11) is 2.02. The molecule has 0 fully saturated rings. The van der Waals surface area contributed by atoms with Gasteiger partial charge in [0.25, 0.3) is 0 Å². The zero-order chi connectivity index (χ0) is 15.2. The molecule has 1 atom stereocenters. The second-order valence-electron chi connectivity index (χ2n) is 5.92. The van der Waals surface area contributed by atoms with Crippen LogP contribution in [0.1, 0.15) is 49.6 Å². The van der Waals surface area contributed by atoms with Gasteiger partial charge >= 0.3 is 0 Å². The van der Waals surface area contributed by atoms with E-state index in [9.17, 15) is 0 Å². The van der Waals surface area contributed by atoms with Crippen molar-refractivity contribution >= 4 is 0 Å². The average molecular weight is 291 g/mol. The van der Waals surface area contributed by atoms with Gasteiger partial charge in [-0.1, -0.05) is 6.92 Å². The largest absolute Gasteiger partial charge is 0.497 e. The smallest absolute Gasteiger partial charge is 0.109 e. The molecule has 2 heterocycles. The van der Waals surface area contributed by atoms with E-state index in [1.54, 1.807) is 0 Å². The number of allylic oxidation sites excluding steroid dienone is 1. The summed E-state index contributed by atoms with van der Waals surface area (Å²) in [5.74, 6) is 1.15. The van der Waals surface area contributed by atoms with E-state index in [4.69, 9.17) is 4.74 Å². The van der Waals surface area contributed by atoms with Crippen molar-refractivity contribution in [2.45, 2.75) is 58.9 Å². The minimum Gasteiger partial charge on any atom is -0.497 e. The molecule has 0 amide bonds. The standard InChI is InChI=1S/C17H29N3O/c1-5-11-18-16(17-8-6-7-12-21-17)10-9-15-13(2)19-20(4)14(15)3/h8,16,18H,5-7,9-12H2,1-4H3. The maximum atomic E-state index is 5.87. The van der Waals surface area contributed by atoms with E-state index in [2.05, 4.69) is 37.3 Å². The zero-order valence-corrected chi connectivity index (χ0v) is 13.9. The third-order valence-corrected chi connectivity index (χ3v) is 4.29. The van der Waals surface area contributed by atoms with E-state index in [0.29, 0.717) is 6.04 Å². The van der Waals surface area contributed by atoms with Gasteiger partial charge in [-0.25, -0.2) is 0 Å². The second-order valence-corrected chi connectivity index (χ2v) is 5.92. The molecule has 1 aliphatic heterocycles. The Hall–Kier alpha value is -1.29. The molecule has 2 rings (SSSR count). The van der Waals surface area contributed by atoms with Crippen molar-refractivity contribution in [3.8, 4) is 0 Å². The van der Waals surface area contributed by atoms with Crippen molar-refractivity contribution in [1.29, 1.82) is 0 Å². The van der Waals surface area contributed by atoms with Crippen molar-refractivity contribution in [1.82, 2.24) is 15.1 Å². The van der Waals surface area contributed by atoms with Crippen LogP contribution in [0.25, 0.3) is 0 Å².